The van der Waals surface area contributed by atoms with Gasteiger partial charge < -0.3 is 9.47 Å². The number of aromatic nitrogens is 2. The third-order valence-electron chi connectivity index (χ3n) is 5.82. The molecule has 1 aromatic heterocycles. The van der Waals surface area contributed by atoms with Crippen LogP contribution in [-0.4, -0.2) is 33.4 Å². The maximum atomic E-state index is 13.3. The Kier molecular flexibility index (Phi) is 6.18. The van der Waals surface area contributed by atoms with Crippen LogP contribution < -0.4 is 0 Å². The lowest BCUT2D eigenvalue weighted by molar-refractivity contribution is 0.0690. The van der Waals surface area contributed by atoms with Crippen molar-refractivity contribution < 1.29 is 9.18 Å². The molecule has 1 heterocycles. The molecule has 1 aliphatic rings. The van der Waals surface area contributed by atoms with Gasteiger partial charge >= 0.3 is 0 Å². The number of rotatable bonds is 5. The van der Waals surface area contributed by atoms with Crippen molar-refractivity contribution in [3.05, 3.63) is 82.6 Å². The first kappa shape index (κ1) is 20.6. The fourth-order valence-corrected chi connectivity index (χ4v) is 4.20. The van der Waals surface area contributed by atoms with Crippen LogP contribution in [0.3, 0.4) is 0 Å². The highest BCUT2D eigenvalue weighted by atomic mass is 35.5. The van der Waals surface area contributed by atoms with Crippen molar-refractivity contribution >= 4 is 17.5 Å². The average molecular weight is 426 g/mol. The van der Waals surface area contributed by atoms with E-state index in [0.29, 0.717) is 17.1 Å². The third-order valence-corrected chi connectivity index (χ3v) is 6.07. The lowest BCUT2D eigenvalue weighted by Crippen LogP contribution is -2.38. The Balaban J connectivity index is 1.66. The zero-order valence-electron chi connectivity index (χ0n) is 17.0. The molecule has 30 heavy (non-hydrogen) atoms. The van der Waals surface area contributed by atoms with E-state index in [-0.39, 0.29) is 17.8 Å². The highest BCUT2D eigenvalue weighted by molar-refractivity contribution is 6.30. The molecule has 1 aliphatic carbocycles. The molecule has 0 saturated heterocycles. The first-order chi connectivity index (χ1) is 14.5. The zero-order valence-corrected chi connectivity index (χ0v) is 17.8. The molecule has 4 rings (SSSR count). The van der Waals surface area contributed by atoms with Gasteiger partial charge in [-0.15, -0.1) is 0 Å². The van der Waals surface area contributed by atoms with E-state index in [1.807, 2.05) is 40.8 Å². The van der Waals surface area contributed by atoms with Gasteiger partial charge in [0, 0.05) is 36.4 Å². The van der Waals surface area contributed by atoms with Crippen LogP contribution in [0.25, 0.3) is 5.69 Å². The smallest absolute Gasteiger partial charge is 0.274 e. The second kappa shape index (κ2) is 9.00. The van der Waals surface area contributed by atoms with Crippen LogP contribution in [0.5, 0.6) is 0 Å². The molecule has 0 radical (unpaired) electrons. The van der Waals surface area contributed by atoms with Gasteiger partial charge in [0.1, 0.15) is 17.3 Å². The molecule has 0 atom stereocenters. The summed E-state index contributed by atoms with van der Waals surface area (Å²) < 4.78 is 15.2. The number of hydrogen-bond acceptors (Lipinski definition) is 2. The lowest BCUT2D eigenvalue weighted by atomic mass is 9.94. The van der Waals surface area contributed by atoms with Crippen molar-refractivity contribution in [1.82, 2.24) is 14.5 Å². The van der Waals surface area contributed by atoms with Gasteiger partial charge in [-0.05, 0) is 54.8 Å². The van der Waals surface area contributed by atoms with Crippen molar-refractivity contribution in [2.45, 2.75) is 44.6 Å². The van der Waals surface area contributed by atoms with Gasteiger partial charge in [0.25, 0.3) is 5.91 Å². The Morgan fingerprint density at radius 1 is 1.10 bits per heavy atom. The molecule has 2 aromatic carbocycles. The predicted molar refractivity (Wildman–Crippen MR) is 117 cm³/mol. The summed E-state index contributed by atoms with van der Waals surface area (Å²) in [4.78, 5) is 19.7. The monoisotopic (exact) mass is 425 g/mol. The van der Waals surface area contributed by atoms with Crippen molar-refractivity contribution in [2.75, 3.05) is 7.05 Å². The van der Waals surface area contributed by atoms with Crippen LogP contribution in [0.4, 0.5) is 4.39 Å². The van der Waals surface area contributed by atoms with Crippen molar-refractivity contribution in [2.24, 2.45) is 0 Å². The number of nitrogens with zero attached hydrogens (tertiary/aromatic N) is 3. The molecule has 1 fully saturated rings. The minimum atomic E-state index is -0.273. The van der Waals surface area contributed by atoms with Gasteiger partial charge in [-0.3, -0.25) is 4.79 Å². The SMILES string of the molecule is CN(C(=O)c1cn(-c2ccc(Cl)cc2)c(Cc2ccc(F)cc2)n1)C1CCCCC1. The van der Waals surface area contributed by atoms with E-state index in [2.05, 4.69) is 4.98 Å². The second-order valence-corrected chi connectivity index (χ2v) is 8.34. The van der Waals surface area contributed by atoms with Crippen molar-refractivity contribution in [3.63, 3.8) is 0 Å². The highest BCUT2D eigenvalue weighted by Gasteiger charge is 2.25. The Morgan fingerprint density at radius 2 is 1.77 bits per heavy atom. The number of benzene rings is 2. The summed E-state index contributed by atoms with van der Waals surface area (Å²) in [7, 11) is 1.87. The second-order valence-electron chi connectivity index (χ2n) is 7.90. The van der Waals surface area contributed by atoms with Crippen molar-refractivity contribution in [1.29, 1.82) is 0 Å². The van der Waals surface area contributed by atoms with Gasteiger partial charge in [-0.25, -0.2) is 9.37 Å². The summed E-state index contributed by atoms with van der Waals surface area (Å²) in [5.41, 5.74) is 2.23. The van der Waals surface area contributed by atoms with Gasteiger partial charge in [0.2, 0.25) is 0 Å². The zero-order chi connectivity index (χ0) is 21.1. The molecule has 0 N–H and O–H groups in total. The van der Waals surface area contributed by atoms with E-state index in [1.165, 1.54) is 18.6 Å². The van der Waals surface area contributed by atoms with E-state index in [4.69, 9.17) is 11.6 Å². The van der Waals surface area contributed by atoms with E-state index in [0.717, 1.165) is 42.8 Å². The summed E-state index contributed by atoms with van der Waals surface area (Å²) in [5.74, 6) is 0.393. The van der Waals surface area contributed by atoms with Crippen LogP contribution in [0.1, 0.15) is 54.0 Å². The molecular weight excluding hydrogens is 401 g/mol. The largest absolute Gasteiger partial charge is 0.337 e. The number of carbonyl (C=O) groups is 1. The summed E-state index contributed by atoms with van der Waals surface area (Å²) in [6.45, 7) is 0. The van der Waals surface area contributed by atoms with E-state index >= 15 is 0 Å². The normalized spacial score (nSPS) is 14.6. The molecule has 1 saturated carbocycles. The number of carbonyl (C=O) groups excluding carboxylic acids is 1. The Hall–Kier alpha value is -2.66. The molecule has 156 valence electrons. The average Bonchev–Trinajstić information content (AvgIpc) is 3.19. The van der Waals surface area contributed by atoms with Crippen molar-refractivity contribution in [3.8, 4) is 5.69 Å². The molecule has 4 nitrogen and oxygen atoms in total. The van der Waals surface area contributed by atoms with Gasteiger partial charge in [-0.2, -0.15) is 0 Å². The summed E-state index contributed by atoms with van der Waals surface area (Å²) in [5, 5.41) is 0.646. The van der Waals surface area contributed by atoms with Gasteiger partial charge in [-0.1, -0.05) is 43.0 Å². The maximum absolute atomic E-state index is 13.3. The molecule has 1 amide bonds. The standard InChI is InChI=1S/C24H25ClFN3O/c1-28(20-5-3-2-4-6-20)24(30)22-16-29(21-13-9-18(25)10-14-21)23(27-22)15-17-7-11-19(26)12-8-17/h7-14,16,20H,2-6,15H2,1H3. The molecule has 6 heteroatoms. The molecule has 0 bridgehead atoms. The quantitative estimate of drug-likeness (QED) is 0.529. The summed E-state index contributed by atoms with van der Waals surface area (Å²) >= 11 is 6.05. The van der Waals surface area contributed by atoms with E-state index < -0.39 is 0 Å². The fraction of sp³-hybridized carbons (Fsp3) is 0.333. The Morgan fingerprint density at radius 3 is 2.43 bits per heavy atom. The van der Waals surface area contributed by atoms with Gasteiger partial charge in [0.15, 0.2) is 0 Å². The topological polar surface area (TPSA) is 38.1 Å². The van der Waals surface area contributed by atoms with Crippen LogP contribution in [-0.2, 0) is 6.42 Å². The molecule has 0 unspecified atom stereocenters. The lowest BCUT2D eigenvalue weighted by Gasteiger charge is -2.30. The van der Waals surface area contributed by atoms with Crippen LogP contribution in [0.2, 0.25) is 5.02 Å². The maximum Gasteiger partial charge on any atom is 0.274 e. The molecule has 0 aliphatic heterocycles. The fourth-order valence-electron chi connectivity index (χ4n) is 4.07. The third kappa shape index (κ3) is 4.57. The summed E-state index contributed by atoms with van der Waals surface area (Å²) in [6, 6.07) is 14.1. The van der Waals surface area contributed by atoms with Gasteiger partial charge in [0.05, 0.1) is 0 Å². The minimum Gasteiger partial charge on any atom is -0.337 e. The molecule has 3 aromatic rings. The predicted octanol–water partition coefficient (Wildman–Crippen LogP) is 5.66. The number of amides is 1. The number of hydrogen-bond donors (Lipinski definition) is 0. The van der Waals surface area contributed by atoms with E-state index in [1.54, 1.807) is 18.3 Å². The number of halogens is 2. The van der Waals surface area contributed by atoms with Crippen LogP contribution >= 0.6 is 11.6 Å². The first-order valence-electron chi connectivity index (χ1n) is 10.4. The highest BCUT2D eigenvalue weighted by Crippen LogP contribution is 2.24. The number of imidazole rings is 1. The van der Waals surface area contributed by atoms with Crippen LogP contribution in [0, 0.1) is 5.82 Å². The molecular formula is C24H25ClFN3O. The molecule has 0 spiro atoms. The first-order valence-corrected chi connectivity index (χ1v) is 10.7. The summed E-state index contributed by atoms with van der Waals surface area (Å²) in [6.07, 6.45) is 7.94. The Bertz CT molecular complexity index is 1010. The van der Waals surface area contributed by atoms with E-state index in [9.17, 15) is 9.18 Å². The van der Waals surface area contributed by atoms with Crippen LogP contribution in [0.15, 0.2) is 54.7 Å². The Labute approximate surface area is 181 Å². The minimum absolute atomic E-state index is 0.0602.